The number of carbonyl (C=O) groups is 1. The van der Waals surface area contributed by atoms with Gasteiger partial charge in [-0.15, -0.1) is 5.10 Å². The number of nitrogens with one attached hydrogen (secondary N) is 1. The van der Waals surface area contributed by atoms with Crippen LogP contribution in [0.25, 0.3) is 0 Å². The quantitative estimate of drug-likeness (QED) is 0.763. The van der Waals surface area contributed by atoms with Gasteiger partial charge in [0.25, 0.3) is 0 Å². The van der Waals surface area contributed by atoms with E-state index in [1.807, 2.05) is 4.90 Å². The summed E-state index contributed by atoms with van der Waals surface area (Å²) in [5.74, 6) is -0.327. The largest absolute Gasteiger partial charge is 0.368 e. The van der Waals surface area contributed by atoms with Crippen molar-refractivity contribution in [3.8, 4) is 0 Å². The second kappa shape index (κ2) is 5.05. The smallest absolute Gasteiger partial charge is 0.236 e. The lowest BCUT2D eigenvalue weighted by atomic mass is 10.2. The molecule has 1 aromatic heterocycles. The van der Waals surface area contributed by atoms with Crippen LogP contribution < -0.4 is 11.1 Å². The van der Waals surface area contributed by atoms with Crippen LogP contribution in [0.15, 0.2) is 0 Å². The fourth-order valence-corrected chi connectivity index (χ4v) is 2.31. The van der Waals surface area contributed by atoms with Crippen LogP contribution in [0.5, 0.6) is 0 Å². The van der Waals surface area contributed by atoms with Gasteiger partial charge in [0.15, 0.2) is 0 Å². The van der Waals surface area contributed by atoms with E-state index in [4.69, 9.17) is 17.3 Å². The minimum Gasteiger partial charge on any atom is -0.368 e. The van der Waals surface area contributed by atoms with Gasteiger partial charge >= 0.3 is 0 Å². The Hall–Kier alpha value is -0.760. The molecular weight excluding hydrogens is 250 g/mol. The number of hydrogen-bond acceptors (Lipinski definition) is 6. The topological polar surface area (TPSA) is 84.1 Å². The van der Waals surface area contributed by atoms with E-state index < -0.39 is 0 Å². The number of nitrogens with two attached hydrogens (primary N) is 1. The SMILES string of the molecule is NC(=O)C1CNCCN1Cc1nnsc1Cl. The molecule has 6 nitrogen and oxygen atoms in total. The third kappa shape index (κ3) is 2.49. The highest BCUT2D eigenvalue weighted by atomic mass is 35.5. The number of carbonyl (C=O) groups excluding carboxylic acids is 1. The minimum absolute atomic E-state index is 0.300. The number of halogens is 1. The third-order valence-corrected chi connectivity index (χ3v) is 3.53. The maximum absolute atomic E-state index is 11.3. The van der Waals surface area contributed by atoms with Gasteiger partial charge in [-0.2, -0.15) is 0 Å². The molecule has 0 spiro atoms. The Morgan fingerprint density at radius 2 is 2.56 bits per heavy atom. The Balaban J connectivity index is 2.07. The summed E-state index contributed by atoms with van der Waals surface area (Å²) in [5.41, 5.74) is 6.05. The third-order valence-electron chi connectivity index (χ3n) is 2.54. The maximum atomic E-state index is 11.3. The van der Waals surface area contributed by atoms with Crippen LogP contribution in [0.2, 0.25) is 4.34 Å². The Morgan fingerprint density at radius 3 is 3.19 bits per heavy atom. The van der Waals surface area contributed by atoms with Crippen LogP contribution in [0.4, 0.5) is 0 Å². The van der Waals surface area contributed by atoms with Gasteiger partial charge in [0.05, 0.1) is 0 Å². The molecule has 1 unspecified atom stereocenters. The van der Waals surface area contributed by atoms with Gasteiger partial charge in [-0.25, -0.2) is 0 Å². The van der Waals surface area contributed by atoms with Gasteiger partial charge in [0.1, 0.15) is 16.1 Å². The first kappa shape index (κ1) is 11.7. The lowest BCUT2D eigenvalue weighted by molar-refractivity contribution is -0.124. The summed E-state index contributed by atoms with van der Waals surface area (Å²) in [5, 5.41) is 7.06. The Labute approximate surface area is 102 Å². The second-order valence-electron chi connectivity index (χ2n) is 3.59. The number of amides is 1. The fourth-order valence-electron chi connectivity index (χ4n) is 1.70. The molecule has 1 aromatic rings. The predicted octanol–water partition coefficient (Wildman–Crippen LogP) is -0.549. The number of aromatic nitrogens is 2. The zero-order valence-corrected chi connectivity index (χ0v) is 10.1. The summed E-state index contributed by atoms with van der Waals surface area (Å²) in [6.07, 6.45) is 0. The van der Waals surface area contributed by atoms with Crippen molar-refractivity contribution >= 4 is 29.0 Å². The Kier molecular flexibility index (Phi) is 3.70. The maximum Gasteiger partial charge on any atom is 0.236 e. The highest BCUT2D eigenvalue weighted by Gasteiger charge is 2.27. The molecule has 0 aromatic carbocycles. The molecule has 0 bridgehead atoms. The average molecular weight is 262 g/mol. The zero-order chi connectivity index (χ0) is 11.5. The van der Waals surface area contributed by atoms with E-state index in [9.17, 15) is 4.79 Å². The zero-order valence-electron chi connectivity index (χ0n) is 8.52. The van der Waals surface area contributed by atoms with Crippen LogP contribution >= 0.6 is 23.1 Å². The van der Waals surface area contributed by atoms with Crippen LogP contribution in [0.3, 0.4) is 0 Å². The molecule has 2 rings (SSSR count). The number of piperazine rings is 1. The molecule has 0 radical (unpaired) electrons. The van der Waals surface area contributed by atoms with Crippen molar-refractivity contribution in [3.63, 3.8) is 0 Å². The molecule has 1 atom stereocenters. The molecule has 1 amide bonds. The monoisotopic (exact) mass is 261 g/mol. The summed E-state index contributed by atoms with van der Waals surface area (Å²) in [4.78, 5) is 13.2. The molecule has 8 heteroatoms. The summed E-state index contributed by atoms with van der Waals surface area (Å²) < 4.78 is 4.33. The number of hydrogen-bond donors (Lipinski definition) is 2. The molecular formula is C8H12ClN5OS. The number of nitrogens with zero attached hydrogens (tertiary/aromatic N) is 3. The van der Waals surface area contributed by atoms with E-state index in [-0.39, 0.29) is 11.9 Å². The predicted molar refractivity (Wildman–Crippen MR) is 61.2 cm³/mol. The highest BCUT2D eigenvalue weighted by molar-refractivity contribution is 7.10. The number of primary amides is 1. The molecule has 3 N–H and O–H groups in total. The van der Waals surface area contributed by atoms with Crippen LogP contribution in [-0.2, 0) is 11.3 Å². The van der Waals surface area contributed by atoms with Crippen LogP contribution in [0.1, 0.15) is 5.69 Å². The molecule has 1 aliphatic heterocycles. The molecule has 1 aliphatic rings. The van der Waals surface area contributed by atoms with E-state index >= 15 is 0 Å². The van der Waals surface area contributed by atoms with Crippen molar-refractivity contribution in [2.24, 2.45) is 5.73 Å². The van der Waals surface area contributed by atoms with E-state index in [0.717, 1.165) is 24.6 Å². The molecule has 88 valence electrons. The summed E-state index contributed by atoms with van der Waals surface area (Å²) >= 11 is 7.07. The molecule has 0 aliphatic carbocycles. The molecule has 1 fully saturated rings. The number of rotatable bonds is 3. The molecule has 2 heterocycles. The lowest BCUT2D eigenvalue weighted by Gasteiger charge is -2.33. The van der Waals surface area contributed by atoms with E-state index in [2.05, 4.69) is 14.9 Å². The minimum atomic E-state index is -0.327. The van der Waals surface area contributed by atoms with E-state index in [1.165, 1.54) is 0 Å². The first-order valence-corrected chi connectivity index (χ1v) is 6.04. The van der Waals surface area contributed by atoms with Gasteiger partial charge in [-0.3, -0.25) is 9.69 Å². The fraction of sp³-hybridized carbons (Fsp3) is 0.625. The van der Waals surface area contributed by atoms with Gasteiger partial charge in [-0.1, -0.05) is 16.1 Å². The standard InChI is InChI=1S/C8H12ClN5OS/c9-7-5(12-13-16-7)4-14-2-1-11-3-6(14)8(10)15/h6,11H,1-4H2,(H2,10,15). The van der Waals surface area contributed by atoms with E-state index in [0.29, 0.717) is 23.1 Å². The second-order valence-corrected chi connectivity index (χ2v) is 4.94. The summed E-state index contributed by atoms with van der Waals surface area (Å²) in [7, 11) is 0. The van der Waals surface area contributed by atoms with Crippen molar-refractivity contribution in [1.82, 2.24) is 19.8 Å². The van der Waals surface area contributed by atoms with Crippen molar-refractivity contribution in [2.75, 3.05) is 19.6 Å². The first-order chi connectivity index (χ1) is 7.68. The Morgan fingerprint density at radius 1 is 1.75 bits per heavy atom. The molecule has 1 saturated heterocycles. The lowest BCUT2D eigenvalue weighted by Crippen LogP contribution is -2.56. The summed E-state index contributed by atoms with van der Waals surface area (Å²) in [6.45, 7) is 2.68. The highest BCUT2D eigenvalue weighted by Crippen LogP contribution is 2.20. The molecule has 0 saturated carbocycles. The van der Waals surface area contributed by atoms with Gasteiger partial charge in [0, 0.05) is 37.7 Å². The van der Waals surface area contributed by atoms with Crippen molar-refractivity contribution in [1.29, 1.82) is 0 Å². The van der Waals surface area contributed by atoms with Gasteiger partial charge in [-0.05, 0) is 0 Å². The van der Waals surface area contributed by atoms with Crippen molar-refractivity contribution in [2.45, 2.75) is 12.6 Å². The normalized spacial score (nSPS) is 22.2. The van der Waals surface area contributed by atoms with Gasteiger partial charge < -0.3 is 11.1 Å². The molecule has 16 heavy (non-hydrogen) atoms. The van der Waals surface area contributed by atoms with Crippen LogP contribution in [0, 0.1) is 0 Å². The Bertz CT molecular complexity index is 384. The van der Waals surface area contributed by atoms with E-state index in [1.54, 1.807) is 0 Å². The summed E-state index contributed by atoms with van der Waals surface area (Å²) in [6, 6.07) is -0.300. The van der Waals surface area contributed by atoms with Gasteiger partial charge in [0.2, 0.25) is 5.91 Å². The average Bonchev–Trinajstić information content (AvgIpc) is 2.65. The van der Waals surface area contributed by atoms with Crippen molar-refractivity contribution < 1.29 is 4.79 Å². The van der Waals surface area contributed by atoms with Crippen molar-refractivity contribution in [3.05, 3.63) is 10.0 Å². The first-order valence-electron chi connectivity index (χ1n) is 4.89. The van der Waals surface area contributed by atoms with Crippen LogP contribution in [-0.4, -0.2) is 46.1 Å².